The van der Waals surface area contributed by atoms with Gasteiger partial charge in [0.15, 0.2) is 0 Å². The fourth-order valence-corrected chi connectivity index (χ4v) is 4.07. The number of ether oxygens (including phenoxy) is 1. The minimum atomic E-state index is 0.712. The Morgan fingerprint density at radius 3 is 2.70 bits per heavy atom. The van der Waals surface area contributed by atoms with E-state index in [1.165, 1.54) is 10.9 Å². The van der Waals surface area contributed by atoms with E-state index in [0.717, 1.165) is 57.3 Å². The van der Waals surface area contributed by atoms with E-state index in [-0.39, 0.29) is 0 Å². The van der Waals surface area contributed by atoms with Crippen molar-refractivity contribution in [3.05, 3.63) is 58.6 Å². The Morgan fingerprint density at radius 1 is 1.07 bits per heavy atom. The molecule has 2 aromatic heterocycles. The molecule has 5 heteroatoms. The van der Waals surface area contributed by atoms with Crippen LogP contribution in [-0.4, -0.2) is 23.6 Å². The number of rotatable bonds is 6. The smallest absolute Gasteiger partial charge is 0.130 e. The number of benzene rings is 2. The van der Waals surface area contributed by atoms with Gasteiger partial charge in [0.25, 0.3) is 0 Å². The molecule has 0 bridgehead atoms. The Balaban J connectivity index is 1.93. The number of halogens is 1. The number of methoxy groups -OCH3 is 1. The predicted molar refractivity (Wildman–Crippen MR) is 115 cm³/mol. The van der Waals surface area contributed by atoms with E-state index in [1.807, 2.05) is 30.3 Å². The highest BCUT2D eigenvalue weighted by Crippen LogP contribution is 2.36. The highest BCUT2D eigenvalue weighted by molar-refractivity contribution is 9.10. The van der Waals surface area contributed by atoms with Crippen molar-refractivity contribution in [2.24, 2.45) is 5.73 Å². The van der Waals surface area contributed by atoms with Crippen molar-refractivity contribution in [2.45, 2.75) is 19.3 Å². The number of aromatic amines is 1. The number of aromatic nitrogens is 2. The average Bonchev–Trinajstić information content (AvgIpc) is 3.07. The van der Waals surface area contributed by atoms with Crippen LogP contribution in [0.3, 0.4) is 0 Å². The number of nitrogens with one attached hydrogen (secondary N) is 1. The molecule has 4 nitrogen and oxygen atoms in total. The molecule has 0 atom stereocenters. The summed E-state index contributed by atoms with van der Waals surface area (Å²) in [6.07, 6.45) is 3.02. The molecule has 2 heterocycles. The van der Waals surface area contributed by atoms with Gasteiger partial charge in [-0.3, -0.25) is 0 Å². The first kappa shape index (κ1) is 18.0. The predicted octanol–water partition coefficient (Wildman–Crippen LogP) is 5.44. The first-order valence-electron chi connectivity index (χ1n) is 9.16. The van der Waals surface area contributed by atoms with Crippen LogP contribution in [0.25, 0.3) is 33.2 Å². The van der Waals surface area contributed by atoms with Gasteiger partial charge in [-0.15, -0.1) is 0 Å². The topological polar surface area (TPSA) is 63.9 Å². The Morgan fingerprint density at radius 2 is 1.89 bits per heavy atom. The maximum absolute atomic E-state index is 5.71. The molecule has 0 fully saturated rings. The number of pyridine rings is 1. The standard InChI is InChI=1S/C22H22BrN3O/c1-27-20-13-19(25-18-11-3-2-8-16(18)20)22-15(7-4-5-12-24)14-9-6-10-17(23)21(14)26-22/h2-3,6,8-11,13,26H,4-5,7,12,24H2,1H3. The maximum Gasteiger partial charge on any atom is 0.130 e. The Labute approximate surface area is 166 Å². The third-order valence-corrected chi connectivity index (χ3v) is 5.59. The van der Waals surface area contributed by atoms with Crippen LogP contribution in [0.4, 0.5) is 0 Å². The lowest BCUT2D eigenvalue weighted by atomic mass is 10.0. The Bertz CT molecular complexity index is 1100. The number of para-hydroxylation sites is 2. The second kappa shape index (κ2) is 7.71. The van der Waals surface area contributed by atoms with E-state index in [4.69, 9.17) is 15.5 Å². The average molecular weight is 424 g/mol. The van der Waals surface area contributed by atoms with Crippen molar-refractivity contribution < 1.29 is 4.74 Å². The van der Waals surface area contributed by atoms with Gasteiger partial charge in [-0.25, -0.2) is 4.98 Å². The number of aryl methyl sites for hydroxylation is 1. The van der Waals surface area contributed by atoms with Gasteiger partial charge in [0.05, 0.1) is 29.5 Å². The second-order valence-electron chi connectivity index (χ2n) is 6.61. The fourth-order valence-electron chi connectivity index (χ4n) is 3.60. The van der Waals surface area contributed by atoms with E-state index in [2.05, 4.69) is 39.1 Å². The van der Waals surface area contributed by atoms with E-state index in [0.29, 0.717) is 6.54 Å². The van der Waals surface area contributed by atoms with Gasteiger partial charge in [-0.05, 0) is 65.5 Å². The van der Waals surface area contributed by atoms with Gasteiger partial charge in [0, 0.05) is 21.3 Å². The highest BCUT2D eigenvalue weighted by Gasteiger charge is 2.17. The molecule has 27 heavy (non-hydrogen) atoms. The normalized spacial score (nSPS) is 11.4. The number of nitrogens with zero attached hydrogens (tertiary/aromatic N) is 1. The van der Waals surface area contributed by atoms with Crippen LogP contribution in [0.1, 0.15) is 18.4 Å². The van der Waals surface area contributed by atoms with E-state index < -0.39 is 0 Å². The van der Waals surface area contributed by atoms with Crippen molar-refractivity contribution in [1.82, 2.24) is 9.97 Å². The molecule has 0 aliphatic heterocycles. The summed E-state index contributed by atoms with van der Waals surface area (Å²) < 4.78 is 6.70. The lowest BCUT2D eigenvalue weighted by Gasteiger charge is -2.10. The third-order valence-electron chi connectivity index (χ3n) is 4.93. The van der Waals surface area contributed by atoms with Crippen molar-refractivity contribution in [2.75, 3.05) is 13.7 Å². The van der Waals surface area contributed by atoms with E-state index >= 15 is 0 Å². The molecule has 0 radical (unpaired) electrons. The fraction of sp³-hybridized carbons (Fsp3) is 0.227. The molecule has 0 unspecified atom stereocenters. The quantitative estimate of drug-likeness (QED) is 0.406. The van der Waals surface area contributed by atoms with Crippen LogP contribution < -0.4 is 10.5 Å². The SMILES string of the molecule is COc1cc(-c2[nH]c3c(Br)cccc3c2CCCCN)nc2ccccc12. The molecular formula is C22H22BrN3O. The summed E-state index contributed by atoms with van der Waals surface area (Å²) in [5, 5.41) is 2.25. The summed E-state index contributed by atoms with van der Waals surface area (Å²) in [6, 6.07) is 16.4. The third kappa shape index (κ3) is 3.33. The zero-order chi connectivity index (χ0) is 18.8. The van der Waals surface area contributed by atoms with Crippen molar-refractivity contribution in [3.63, 3.8) is 0 Å². The number of hydrogen-bond donors (Lipinski definition) is 2. The van der Waals surface area contributed by atoms with Crippen LogP contribution in [-0.2, 0) is 6.42 Å². The van der Waals surface area contributed by atoms with Crippen LogP contribution in [0, 0.1) is 0 Å². The Hall–Kier alpha value is -2.37. The first-order valence-corrected chi connectivity index (χ1v) is 9.95. The van der Waals surface area contributed by atoms with Crippen LogP contribution in [0.2, 0.25) is 0 Å². The summed E-state index contributed by atoms with van der Waals surface area (Å²) in [4.78, 5) is 8.51. The molecule has 0 aliphatic rings. The molecular weight excluding hydrogens is 402 g/mol. The van der Waals surface area contributed by atoms with Crippen LogP contribution >= 0.6 is 15.9 Å². The molecule has 0 aliphatic carbocycles. The zero-order valence-electron chi connectivity index (χ0n) is 15.3. The lowest BCUT2D eigenvalue weighted by molar-refractivity contribution is 0.419. The lowest BCUT2D eigenvalue weighted by Crippen LogP contribution is -1.99. The summed E-state index contributed by atoms with van der Waals surface area (Å²) in [6.45, 7) is 0.712. The summed E-state index contributed by atoms with van der Waals surface area (Å²) in [5.74, 6) is 0.834. The van der Waals surface area contributed by atoms with Crippen molar-refractivity contribution in [1.29, 1.82) is 0 Å². The molecule has 0 saturated carbocycles. The van der Waals surface area contributed by atoms with Gasteiger partial charge in [0.1, 0.15) is 5.75 Å². The first-order chi connectivity index (χ1) is 13.2. The molecule has 4 aromatic rings. The largest absolute Gasteiger partial charge is 0.496 e. The van der Waals surface area contributed by atoms with Gasteiger partial charge in [-0.2, -0.15) is 0 Å². The number of unbranched alkanes of at least 4 members (excludes halogenated alkanes) is 1. The van der Waals surface area contributed by atoms with Gasteiger partial charge >= 0.3 is 0 Å². The van der Waals surface area contributed by atoms with Crippen LogP contribution in [0.5, 0.6) is 5.75 Å². The minimum Gasteiger partial charge on any atom is -0.496 e. The summed E-state index contributed by atoms with van der Waals surface area (Å²) >= 11 is 3.67. The monoisotopic (exact) mass is 423 g/mol. The van der Waals surface area contributed by atoms with Crippen molar-refractivity contribution >= 4 is 37.7 Å². The zero-order valence-corrected chi connectivity index (χ0v) is 16.8. The molecule has 0 amide bonds. The van der Waals surface area contributed by atoms with E-state index in [1.54, 1.807) is 7.11 Å². The highest BCUT2D eigenvalue weighted by atomic mass is 79.9. The summed E-state index contributed by atoms with van der Waals surface area (Å²) in [5.41, 5.74) is 11.0. The molecule has 2 aromatic carbocycles. The van der Waals surface area contributed by atoms with Crippen molar-refractivity contribution in [3.8, 4) is 17.1 Å². The molecule has 0 saturated heterocycles. The number of hydrogen-bond acceptors (Lipinski definition) is 3. The minimum absolute atomic E-state index is 0.712. The van der Waals surface area contributed by atoms with Crippen LogP contribution in [0.15, 0.2) is 53.0 Å². The molecule has 0 spiro atoms. The molecule has 4 rings (SSSR count). The van der Waals surface area contributed by atoms with E-state index in [9.17, 15) is 0 Å². The summed E-state index contributed by atoms with van der Waals surface area (Å²) in [7, 11) is 1.70. The number of fused-ring (bicyclic) bond motifs is 2. The Kier molecular flexibility index (Phi) is 5.14. The second-order valence-corrected chi connectivity index (χ2v) is 7.47. The van der Waals surface area contributed by atoms with Gasteiger partial charge < -0.3 is 15.5 Å². The maximum atomic E-state index is 5.71. The number of H-pyrrole nitrogens is 1. The number of nitrogens with two attached hydrogens (primary N) is 1. The molecule has 138 valence electrons. The molecule has 3 N–H and O–H groups in total. The van der Waals surface area contributed by atoms with Gasteiger partial charge in [-0.1, -0.05) is 24.3 Å². The van der Waals surface area contributed by atoms with Gasteiger partial charge in [0.2, 0.25) is 0 Å².